The molecule has 26 heavy (non-hydrogen) atoms. The Labute approximate surface area is 157 Å². The zero-order valence-electron chi connectivity index (χ0n) is 15.0. The van der Waals surface area contributed by atoms with Crippen LogP contribution in [0.5, 0.6) is 0 Å². The number of Topliss-reactive ketones (excluding diaryl/α,β-unsaturated/α-hetero) is 1. The van der Waals surface area contributed by atoms with Gasteiger partial charge in [-0.2, -0.15) is 5.10 Å². The molecule has 0 aromatic carbocycles. The number of aromatic nitrogens is 2. The van der Waals surface area contributed by atoms with Gasteiger partial charge in [-0.1, -0.05) is 6.42 Å². The smallest absolute Gasteiger partial charge is 0.223 e. The minimum Gasteiger partial charge on any atom is -0.350 e. The molecule has 138 valence electrons. The highest BCUT2D eigenvalue weighted by atomic mass is 32.1. The molecule has 0 unspecified atom stereocenters. The molecule has 1 fully saturated rings. The average molecular weight is 372 g/mol. The third-order valence-electron chi connectivity index (χ3n) is 5.25. The number of carbonyl (C=O) groups excluding carboxylic acids is 2. The van der Waals surface area contributed by atoms with Crippen LogP contribution in [0.2, 0.25) is 0 Å². The number of rotatable bonds is 6. The predicted molar refractivity (Wildman–Crippen MR) is 99.9 cm³/mol. The minimum absolute atomic E-state index is 0.131. The Morgan fingerprint density at radius 3 is 2.85 bits per heavy atom. The Bertz CT molecular complexity index is 821. The standard InChI is InChI=1S/C19H24N4O2S/c1-13(24)18-7-14(12-26-18)10-22-5-6-23-17(11-22)8-16(21-23)9-20-19(25)15-3-2-4-15/h7-8,12,15H,2-6,9-11H2,1H3,(H,20,25). The van der Waals surface area contributed by atoms with Gasteiger partial charge < -0.3 is 5.32 Å². The monoisotopic (exact) mass is 372 g/mol. The van der Waals surface area contributed by atoms with Crippen molar-refractivity contribution >= 4 is 23.0 Å². The van der Waals surface area contributed by atoms with Gasteiger partial charge >= 0.3 is 0 Å². The van der Waals surface area contributed by atoms with Crippen LogP contribution in [-0.4, -0.2) is 32.9 Å². The minimum atomic E-state index is 0.131. The highest BCUT2D eigenvalue weighted by Gasteiger charge is 2.25. The van der Waals surface area contributed by atoms with E-state index in [0.29, 0.717) is 6.54 Å². The number of amides is 1. The van der Waals surface area contributed by atoms with Crippen molar-refractivity contribution in [2.75, 3.05) is 6.54 Å². The topological polar surface area (TPSA) is 67.2 Å². The second-order valence-electron chi connectivity index (χ2n) is 7.28. The van der Waals surface area contributed by atoms with Crippen LogP contribution >= 0.6 is 11.3 Å². The van der Waals surface area contributed by atoms with Gasteiger partial charge in [0, 0.05) is 25.6 Å². The molecule has 2 aromatic rings. The van der Waals surface area contributed by atoms with Crippen molar-refractivity contribution in [3.8, 4) is 0 Å². The van der Waals surface area contributed by atoms with E-state index >= 15 is 0 Å². The van der Waals surface area contributed by atoms with Crippen molar-refractivity contribution in [2.24, 2.45) is 5.92 Å². The molecule has 4 rings (SSSR count). The summed E-state index contributed by atoms with van der Waals surface area (Å²) in [6.45, 7) is 5.61. The van der Waals surface area contributed by atoms with E-state index in [2.05, 4.69) is 31.4 Å². The molecular formula is C19H24N4O2S. The first-order valence-corrected chi connectivity index (χ1v) is 10.1. The lowest BCUT2D eigenvalue weighted by molar-refractivity contribution is -0.127. The van der Waals surface area contributed by atoms with Gasteiger partial charge in [-0.3, -0.25) is 19.2 Å². The first-order chi connectivity index (χ1) is 12.6. The number of nitrogens with one attached hydrogen (secondary N) is 1. The SMILES string of the molecule is CC(=O)c1cc(CN2CCn3nc(CNC(=O)C4CCC4)cc3C2)cs1. The molecular weight excluding hydrogens is 348 g/mol. The number of fused-ring (bicyclic) bond motifs is 1. The van der Waals surface area contributed by atoms with Gasteiger partial charge in [0.25, 0.3) is 0 Å². The fourth-order valence-corrected chi connectivity index (χ4v) is 4.30. The highest BCUT2D eigenvalue weighted by molar-refractivity contribution is 7.12. The lowest BCUT2D eigenvalue weighted by atomic mass is 9.85. The molecule has 7 heteroatoms. The van der Waals surface area contributed by atoms with Crippen molar-refractivity contribution in [1.29, 1.82) is 0 Å². The van der Waals surface area contributed by atoms with Gasteiger partial charge in [-0.05, 0) is 42.8 Å². The molecule has 0 radical (unpaired) electrons. The normalized spacial score (nSPS) is 17.6. The number of ketones is 1. The number of nitrogens with zero attached hydrogens (tertiary/aromatic N) is 3. The molecule has 0 spiro atoms. The zero-order chi connectivity index (χ0) is 18.1. The summed E-state index contributed by atoms with van der Waals surface area (Å²) in [5.41, 5.74) is 3.32. The second kappa shape index (κ2) is 7.32. The maximum Gasteiger partial charge on any atom is 0.223 e. The summed E-state index contributed by atoms with van der Waals surface area (Å²) >= 11 is 1.52. The van der Waals surface area contributed by atoms with E-state index in [9.17, 15) is 9.59 Å². The van der Waals surface area contributed by atoms with Gasteiger partial charge in [-0.25, -0.2) is 0 Å². The fraction of sp³-hybridized carbons (Fsp3) is 0.526. The lowest BCUT2D eigenvalue weighted by Crippen LogP contribution is -2.34. The Hall–Kier alpha value is -1.99. The summed E-state index contributed by atoms with van der Waals surface area (Å²) in [5.74, 6) is 0.516. The summed E-state index contributed by atoms with van der Waals surface area (Å²) in [6, 6.07) is 4.10. The molecule has 1 aliphatic heterocycles. The maximum absolute atomic E-state index is 12.0. The number of thiophene rings is 1. The van der Waals surface area contributed by atoms with E-state index in [1.54, 1.807) is 6.92 Å². The van der Waals surface area contributed by atoms with E-state index in [0.717, 1.165) is 49.6 Å². The second-order valence-corrected chi connectivity index (χ2v) is 8.19. The summed E-state index contributed by atoms with van der Waals surface area (Å²) in [5, 5.41) is 9.72. The van der Waals surface area contributed by atoms with E-state index in [4.69, 9.17) is 0 Å². The Morgan fingerprint density at radius 2 is 2.15 bits per heavy atom. The van der Waals surface area contributed by atoms with Crippen LogP contribution in [0.15, 0.2) is 17.5 Å². The Morgan fingerprint density at radius 1 is 1.31 bits per heavy atom. The van der Waals surface area contributed by atoms with Gasteiger partial charge in [0.05, 0.1) is 29.4 Å². The van der Waals surface area contributed by atoms with Crippen LogP contribution in [0.3, 0.4) is 0 Å². The fourth-order valence-electron chi connectivity index (χ4n) is 3.50. The van der Waals surface area contributed by atoms with E-state index in [1.165, 1.54) is 29.0 Å². The molecule has 2 aliphatic rings. The van der Waals surface area contributed by atoms with Crippen LogP contribution in [0.25, 0.3) is 0 Å². The van der Waals surface area contributed by atoms with Crippen LogP contribution in [-0.2, 0) is 31.0 Å². The van der Waals surface area contributed by atoms with Crippen LogP contribution in [0.1, 0.15) is 52.8 Å². The molecule has 0 bridgehead atoms. The van der Waals surface area contributed by atoms with Gasteiger partial charge in [0.2, 0.25) is 5.91 Å². The molecule has 1 saturated carbocycles. The number of hydrogen-bond acceptors (Lipinski definition) is 5. The quantitative estimate of drug-likeness (QED) is 0.792. The third kappa shape index (κ3) is 3.73. The van der Waals surface area contributed by atoms with Crippen molar-refractivity contribution < 1.29 is 9.59 Å². The van der Waals surface area contributed by atoms with Crippen LogP contribution < -0.4 is 5.32 Å². The number of carbonyl (C=O) groups is 2. The first kappa shape index (κ1) is 17.4. The molecule has 6 nitrogen and oxygen atoms in total. The number of hydrogen-bond donors (Lipinski definition) is 1. The molecule has 0 saturated heterocycles. The van der Waals surface area contributed by atoms with Gasteiger partial charge in [0.1, 0.15) is 0 Å². The average Bonchev–Trinajstić information content (AvgIpc) is 3.17. The van der Waals surface area contributed by atoms with E-state index in [1.807, 2.05) is 6.07 Å². The van der Waals surface area contributed by atoms with Crippen LogP contribution in [0, 0.1) is 5.92 Å². The lowest BCUT2D eigenvalue weighted by Gasteiger charge is -2.27. The van der Waals surface area contributed by atoms with E-state index in [-0.39, 0.29) is 17.6 Å². The first-order valence-electron chi connectivity index (χ1n) is 9.22. The van der Waals surface area contributed by atoms with Crippen molar-refractivity contribution in [2.45, 2.75) is 52.4 Å². The van der Waals surface area contributed by atoms with Gasteiger partial charge in [0.15, 0.2) is 5.78 Å². The maximum atomic E-state index is 12.0. The van der Waals surface area contributed by atoms with E-state index < -0.39 is 0 Å². The molecule has 1 amide bonds. The molecule has 1 aliphatic carbocycles. The molecule has 2 aromatic heterocycles. The van der Waals surface area contributed by atoms with Crippen LogP contribution in [0.4, 0.5) is 0 Å². The Kier molecular flexibility index (Phi) is 4.91. The molecule has 0 atom stereocenters. The summed E-state index contributed by atoms with van der Waals surface area (Å²) in [4.78, 5) is 26.6. The predicted octanol–water partition coefficient (Wildman–Crippen LogP) is 2.58. The largest absolute Gasteiger partial charge is 0.350 e. The molecule has 3 heterocycles. The summed E-state index contributed by atoms with van der Waals surface area (Å²) in [7, 11) is 0. The van der Waals surface area contributed by atoms with Gasteiger partial charge in [-0.15, -0.1) is 11.3 Å². The van der Waals surface area contributed by atoms with Crippen molar-refractivity contribution in [1.82, 2.24) is 20.0 Å². The van der Waals surface area contributed by atoms with Crippen molar-refractivity contribution in [3.63, 3.8) is 0 Å². The highest BCUT2D eigenvalue weighted by Crippen LogP contribution is 2.26. The zero-order valence-corrected chi connectivity index (χ0v) is 15.8. The van der Waals surface area contributed by atoms with Crippen molar-refractivity contribution in [3.05, 3.63) is 39.3 Å². The Balaban J connectivity index is 1.33. The summed E-state index contributed by atoms with van der Waals surface area (Å²) in [6.07, 6.45) is 3.22. The molecule has 1 N–H and O–H groups in total. The third-order valence-corrected chi connectivity index (χ3v) is 6.33. The summed E-state index contributed by atoms with van der Waals surface area (Å²) < 4.78 is 2.05.